The van der Waals surface area contributed by atoms with Crippen LogP contribution in [0.3, 0.4) is 0 Å². The van der Waals surface area contributed by atoms with E-state index in [9.17, 15) is 18.0 Å². The molecule has 1 heterocycles. The third-order valence-corrected chi connectivity index (χ3v) is 6.51. The van der Waals surface area contributed by atoms with E-state index in [1.54, 1.807) is 17.5 Å². The minimum atomic E-state index is -4.08. The number of rotatable bonds is 7. The summed E-state index contributed by atoms with van der Waals surface area (Å²) in [6.07, 6.45) is 0. The van der Waals surface area contributed by atoms with Crippen LogP contribution in [0.5, 0.6) is 5.75 Å². The first kappa shape index (κ1) is 21.8. The average Bonchev–Trinajstić information content (AvgIpc) is 3.22. The van der Waals surface area contributed by atoms with Crippen LogP contribution in [0, 0.1) is 0 Å². The average molecular weight is 465 g/mol. The van der Waals surface area contributed by atoms with E-state index >= 15 is 0 Å². The number of benzene rings is 2. The highest BCUT2D eigenvalue weighted by molar-refractivity contribution is 7.90. The van der Waals surface area contributed by atoms with Crippen LogP contribution in [0.15, 0.2) is 64.9 Å². The van der Waals surface area contributed by atoms with Crippen LogP contribution in [-0.2, 0) is 16.6 Å². The number of nitrogens with one attached hydrogen (secondary N) is 2. The Balaban J connectivity index is 1.63. The minimum absolute atomic E-state index is 0.126. The lowest BCUT2D eigenvalue weighted by Gasteiger charge is -2.07. The van der Waals surface area contributed by atoms with Crippen molar-refractivity contribution in [3.63, 3.8) is 0 Å². The molecule has 0 saturated heterocycles. The predicted octanol–water partition coefficient (Wildman–Crippen LogP) is 3.46. The van der Waals surface area contributed by atoms with E-state index in [0.29, 0.717) is 16.3 Å². The summed E-state index contributed by atoms with van der Waals surface area (Å²) in [6.45, 7) is 0.283. The molecule has 30 heavy (non-hydrogen) atoms. The molecule has 0 fully saturated rings. The summed E-state index contributed by atoms with van der Waals surface area (Å²) in [5.74, 6) is -0.656. The van der Waals surface area contributed by atoms with Crippen molar-refractivity contribution in [1.29, 1.82) is 0 Å². The Bertz CT molecular complexity index is 1160. The summed E-state index contributed by atoms with van der Waals surface area (Å²) in [5, 5.41) is 4.69. The molecule has 0 bridgehead atoms. The van der Waals surface area contributed by atoms with Crippen molar-refractivity contribution in [2.45, 2.75) is 11.5 Å². The monoisotopic (exact) mass is 464 g/mol. The van der Waals surface area contributed by atoms with Crippen molar-refractivity contribution in [2.75, 3.05) is 7.05 Å². The third kappa shape index (κ3) is 5.38. The van der Waals surface area contributed by atoms with Crippen LogP contribution in [0.1, 0.15) is 25.6 Å². The fourth-order valence-corrected chi connectivity index (χ4v) is 4.30. The van der Waals surface area contributed by atoms with Gasteiger partial charge in [-0.1, -0.05) is 23.7 Å². The molecule has 0 atom stereocenters. The first-order valence-electron chi connectivity index (χ1n) is 8.63. The summed E-state index contributed by atoms with van der Waals surface area (Å²) >= 11 is 6.91. The van der Waals surface area contributed by atoms with Gasteiger partial charge in [0.15, 0.2) is 0 Å². The summed E-state index contributed by atoms with van der Waals surface area (Å²) in [5.41, 5.74) is 1.21. The Kier molecular flexibility index (Phi) is 6.76. The number of ether oxygens (including phenoxy) is 1. The molecule has 2 amide bonds. The normalized spacial score (nSPS) is 11.0. The molecule has 0 aliphatic carbocycles. The van der Waals surface area contributed by atoms with E-state index in [1.165, 1.54) is 37.4 Å². The zero-order valence-corrected chi connectivity index (χ0v) is 18.1. The smallest absolute Gasteiger partial charge is 0.275 e. The van der Waals surface area contributed by atoms with Crippen molar-refractivity contribution >= 4 is 44.8 Å². The number of amides is 2. The lowest BCUT2D eigenvalue weighted by atomic mass is 10.2. The van der Waals surface area contributed by atoms with Crippen molar-refractivity contribution in [2.24, 2.45) is 0 Å². The molecule has 2 N–H and O–H groups in total. The van der Waals surface area contributed by atoms with Gasteiger partial charge in [-0.25, -0.2) is 13.1 Å². The molecule has 0 aliphatic heterocycles. The number of carbonyl (C=O) groups is 2. The van der Waals surface area contributed by atoms with Gasteiger partial charge in [-0.05, 0) is 42.0 Å². The molecule has 156 valence electrons. The Labute approximate surface area is 182 Å². The maximum atomic E-state index is 12.4. The van der Waals surface area contributed by atoms with E-state index in [0.717, 1.165) is 16.9 Å². The van der Waals surface area contributed by atoms with E-state index in [-0.39, 0.29) is 22.3 Å². The number of thiophene rings is 1. The highest BCUT2D eigenvalue weighted by atomic mass is 35.5. The maximum absolute atomic E-state index is 12.4. The largest absolute Gasteiger partial charge is 0.488 e. The molecule has 3 rings (SSSR count). The van der Waals surface area contributed by atoms with Crippen LogP contribution in [0.2, 0.25) is 5.02 Å². The number of hydrogen-bond acceptors (Lipinski definition) is 6. The van der Waals surface area contributed by atoms with Crippen molar-refractivity contribution < 1.29 is 22.7 Å². The number of sulfonamides is 1. The van der Waals surface area contributed by atoms with Gasteiger partial charge in [0, 0.05) is 29.1 Å². The van der Waals surface area contributed by atoms with Crippen LogP contribution in [0.4, 0.5) is 0 Å². The van der Waals surface area contributed by atoms with Gasteiger partial charge in [0.2, 0.25) is 0 Å². The van der Waals surface area contributed by atoms with Gasteiger partial charge in [0.1, 0.15) is 12.4 Å². The second-order valence-electron chi connectivity index (χ2n) is 6.10. The molecule has 1 aromatic heterocycles. The summed E-state index contributed by atoms with van der Waals surface area (Å²) in [7, 11) is -2.61. The zero-order chi connectivity index (χ0) is 21.7. The van der Waals surface area contributed by atoms with E-state index < -0.39 is 15.9 Å². The molecule has 7 nitrogen and oxygen atoms in total. The maximum Gasteiger partial charge on any atom is 0.275 e. The van der Waals surface area contributed by atoms with Crippen LogP contribution < -0.4 is 14.8 Å². The fourth-order valence-electron chi connectivity index (χ4n) is 2.42. The lowest BCUT2D eigenvalue weighted by Crippen LogP contribution is -2.30. The second-order valence-corrected chi connectivity index (χ2v) is 9.13. The molecule has 0 aliphatic rings. The Morgan fingerprint density at radius 3 is 2.33 bits per heavy atom. The van der Waals surface area contributed by atoms with Crippen molar-refractivity contribution in [3.8, 4) is 5.75 Å². The standard InChI is InChI=1S/C20H17ClN2O5S2/c1-22-19(24)14-4-8-17(9-5-14)30(26,27)23-20(25)18-10-16(12-29-18)28-11-13-2-6-15(21)7-3-13/h2-10,12H,11H2,1H3,(H,22,24)(H,23,25). The quantitative estimate of drug-likeness (QED) is 0.557. The lowest BCUT2D eigenvalue weighted by molar-refractivity contribution is 0.0960. The van der Waals surface area contributed by atoms with Crippen molar-refractivity contribution in [1.82, 2.24) is 10.0 Å². The molecular formula is C20H17ClN2O5S2. The first-order chi connectivity index (χ1) is 14.3. The fraction of sp³-hybridized carbons (Fsp3) is 0.100. The highest BCUT2D eigenvalue weighted by Gasteiger charge is 2.20. The Morgan fingerprint density at radius 1 is 1.03 bits per heavy atom. The first-order valence-corrected chi connectivity index (χ1v) is 11.4. The van der Waals surface area contributed by atoms with Gasteiger partial charge >= 0.3 is 0 Å². The van der Waals surface area contributed by atoms with Crippen molar-refractivity contribution in [3.05, 3.63) is 81.0 Å². The number of hydrogen-bond donors (Lipinski definition) is 2. The van der Waals surface area contributed by atoms with Gasteiger partial charge in [-0.15, -0.1) is 11.3 Å². The van der Waals surface area contributed by atoms with E-state index in [2.05, 4.69) is 5.32 Å². The van der Waals surface area contributed by atoms with Crippen LogP contribution in [-0.4, -0.2) is 27.3 Å². The molecule has 2 aromatic carbocycles. The Morgan fingerprint density at radius 2 is 1.70 bits per heavy atom. The number of carbonyl (C=O) groups excluding carboxylic acids is 2. The van der Waals surface area contributed by atoms with Gasteiger partial charge < -0.3 is 10.1 Å². The number of halogens is 1. The minimum Gasteiger partial charge on any atom is -0.488 e. The molecule has 0 saturated carbocycles. The Hall–Kier alpha value is -2.88. The molecule has 0 radical (unpaired) electrons. The van der Waals surface area contributed by atoms with E-state index in [1.807, 2.05) is 16.9 Å². The zero-order valence-electron chi connectivity index (χ0n) is 15.7. The molecule has 10 heteroatoms. The molecule has 0 spiro atoms. The second kappa shape index (κ2) is 9.29. The summed E-state index contributed by atoms with van der Waals surface area (Å²) in [6, 6.07) is 13.9. The predicted molar refractivity (Wildman–Crippen MR) is 115 cm³/mol. The van der Waals surface area contributed by atoms with Gasteiger partial charge in [-0.3, -0.25) is 9.59 Å². The third-order valence-electron chi connectivity index (χ3n) is 4.00. The molecule has 3 aromatic rings. The van der Waals surface area contributed by atoms with Crippen LogP contribution >= 0.6 is 22.9 Å². The molecular weight excluding hydrogens is 448 g/mol. The van der Waals surface area contributed by atoms with Gasteiger partial charge in [0.05, 0.1) is 9.77 Å². The summed E-state index contributed by atoms with van der Waals surface area (Å²) < 4.78 is 32.5. The topological polar surface area (TPSA) is 102 Å². The molecule has 0 unspecified atom stereocenters. The SMILES string of the molecule is CNC(=O)c1ccc(S(=O)(=O)NC(=O)c2cc(OCc3ccc(Cl)cc3)cs2)cc1. The van der Waals surface area contributed by atoms with Gasteiger partial charge in [-0.2, -0.15) is 0 Å². The highest BCUT2D eigenvalue weighted by Crippen LogP contribution is 2.23. The van der Waals surface area contributed by atoms with Gasteiger partial charge in [0.25, 0.3) is 21.8 Å². The van der Waals surface area contributed by atoms with Crippen LogP contribution in [0.25, 0.3) is 0 Å². The summed E-state index contributed by atoms with van der Waals surface area (Å²) in [4.78, 5) is 24.0. The van der Waals surface area contributed by atoms with E-state index in [4.69, 9.17) is 16.3 Å².